The first-order valence-electron chi connectivity index (χ1n) is 5.38. The largest absolute Gasteiger partial charge is 0.256 e. The summed E-state index contributed by atoms with van der Waals surface area (Å²) in [7, 11) is 0. The van der Waals surface area contributed by atoms with Crippen LogP contribution in [0.15, 0.2) is 36.5 Å². The smallest absolute Gasteiger partial charge is 0.0736 e. The highest BCUT2D eigenvalue weighted by Gasteiger charge is 2.15. The minimum Gasteiger partial charge on any atom is -0.256 e. The number of hydrogen-bond acceptors (Lipinski definition) is 1. The number of benzene rings is 1. The lowest BCUT2D eigenvalue weighted by atomic mass is 9.88. The van der Waals surface area contributed by atoms with Crippen molar-refractivity contribution in [3.8, 4) is 11.3 Å². The Kier molecular flexibility index (Phi) is 1.84. The van der Waals surface area contributed by atoms with Gasteiger partial charge in [-0.25, -0.2) is 0 Å². The first kappa shape index (κ1) is 8.66. The summed E-state index contributed by atoms with van der Waals surface area (Å²) in [5.41, 5.74) is 6.67. The molecule has 0 saturated heterocycles. The molecule has 0 N–H and O–H groups in total. The predicted octanol–water partition coefficient (Wildman–Crippen LogP) is 3.16. The van der Waals surface area contributed by atoms with Gasteiger partial charge in [0.15, 0.2) is 0 Å². The summed E-state index contributed by atoms with van der Waals surface area (Å²) in [6.45, 7) is 2.15. The van der Waals surface area contributed by atoms with Crippen LogP contribution < -0.4 is 0 Å². The Hall–Kier alpha value is -1.63. The lowest BCUT2D eigenvalue weighted by Crippen LogP contribution is -2.05. The molecule has 0 saturated carbocycles. The van der Waals surface area contributed by atoms with Gasteiger partial charge in [0.25, 0.3) is 0 Å². The van der Waals surface area contributed by atoms with Crippen molar-refractivity contribution in [1.82, 2.24) is 4.98 Å². The molecule has 0 atom stereocenters. The van der Waals surface area contributed by atoms with E-state index in [-0.39, 0.29) is 0 Å². The van der Waals surface area contributed by atoms with Crippen LogP contribution in [0.2, 0.25) is 0 Å². The van der Waals surface area contributed by atoms with E-state index in [4.69, 9.17) is 0 Å². The number of pyridine rings is 1. The van der Waals surface area contributed by atoms with Gasteiger partial charge in [-0.3, -0.25) is 4.98 Å². The molecule has 0 aliphatic heterocycles. The molecule has 0 unspecified atom stereocenters. The maximum Gasteiger partial charge on any atom is 0.0736 e. The molecule has 3 rings (SSSR count). The molecule has 1 heterocycles. The first-order valence-corrected chi connectivity index (χ1v) is 5.38. The summed E-state index contributed by atoms with van der Waals surface area (Å²) in [5.74, 6) is 0. The van der Waals surface area contributed by atoms with Crippen LogP contribution in [-0.2, 0) is 12.8 Å². The Morgan fingerprint density at radius 2 is 1.93 bits per heavy atom. The number of aryl methyl sites for hydroxylation is 3. The van der Waals surface area contributed by atoms with Gasteiger partial charge in [0.2, 0.25) is 0 Å². The summed E-state index contributed by atoms with van der Waals surface area (Å²) < 4.78 is 0. The van der Waals surface area contributed by atoms with Gasteiger partial charge in [-0.05, 0) is 37.0 Å². The standard InChI is InChI=1S/C14H13N/c1-10-4-7-13-12(9-10)6-5-11-3-2-8-15-14(11)13/h2-4,7-9H,5-6H2,1H3. The Balaban J connectivity index is 2.26. The zero-order chi connectivity index (χ0) is 10.3. The van der Waals surface area contributed by atoms with Crippen LogP contribution in [0.5, 0.6) is 0 Å². The highest BCUT2D eigenvalue weighted by Crippen LogP contribution is 2.31. The van der Waals surface area contributed by atoms with Crippen molar-refractivity contribution < 1.29 is 0 Å². The third-order valence-corrected chi connectivity index (χ3v) is 3.07. The predicted molar refractivity (Wildman–Crippen MR) is 61.8 cm³/mol. The first-order chi connectivity index (χ1) is 7.34. The lowest BCUT2D eigenvalue weighted by Gasteiger charge is -2.18. The monoisotopic (exact) mass is 195 g/mol. The summed E-state index contributed by atoms with van der Waals surface area (Å²) in [6.07, 6.45) is 4.16. The molecule has 0 amide bonds. The van der Waals surface area contributed by atoms with Gasteiger partial charge in [-0.15, -0.1) is 0 Å². The molecule has 2 aromatic rings. The molecule has 1 aromatic heterocycles. The van der Waals surface area contributed by atoms with Crippen LogP contribution in [0.4, 0.5) is 0 Å². The third-order valence-electron chi connectivity index (χ3n) is 3.07. The van der Waals surface area contributed by atoms with Crippen molar-refractivity contribution >= 4 is 0 Å². The molecule has 1 aromatic carbocycles. The van der Waals surface area contributed by atoms with E-state index >= 15 is 0 Å². The molecule has 0 radical (unpaired) electrons. The van der Waals surface area contributed by atoms with Crippen molar-refractivity contribution in [2.75, 3.05) is 0 Å². The van der Waals surface area contributed by atoms with Gasteiger partial charge in [0.05, 0.1) is 5.69 Å². The molecule has 15 heavy (non-hydrogen) atoms. The Labute approximate surface area is 89.8 Å². The third kappa shape index (κ3) is 1.35. The molecule has 0 spiro atoms. The van der Waals surface area contributed by atoms with E-state index in [0.717, 1.165) is 12.8 Å². The van der Waals surface area contributed by atoms with Crippen molar-refractivity contribution in [2.24, 2.45) is 0 Å². The fraction of sp³-hybridized carbons (Fsp3) is 0.214. The molecule has 0 bridgehead atoms. The topological polar surface area (TPSA) is 12.9 Å². The van der Waals surface area contributed by atoms with Gasteiger partial charge in [-0.1, -0.05) is 29.8 Å². The van der Waals surface area contributed by atoms with Gasteiger partial charge in [-0.2, -0.15) is 0 Å². The highest BCUT2D eigenvalue weighted by molar-refractivity contribution is 5.69. The van der Waals surface area contributed by atoms with Crippen molar-refractivity contribution in [2.45, 2.75) is 19.8 Å². The second kappa shape index (κ2) is 3.20. The molecule has 1 aliphatic carbocycles. The second-order valence-corrected chi connectivity index (χ2v) is 4.17. The van der Waals surface area contributed by atoms with Gasteiger partial charge < -0.3 is 0 Å². The van der Waals surface area contributed by atoms with E-state index < -0.39 is 0 Å². The highest BCUT2D eigenvalue weighted by atomic mass is 14.7. The molecule has 74 valence electrons. The maximum atomic E-state index is 4.49. The zero-order valence-corrected chi connectivity index (χ0v) is 8.83. The van der Waals surface area contributed by atoms with Crippen LogP contribution in [0.3, 0.4) is 0 Å². The SMILES string of the molecule is Cc1ccc2c(c1)CCc1cccnc1-2. The second-order valence-electron chi connectivity index (χ2n) is 4.17. The summed E-state index contributed by atoms with van der Waals surface area (Å²) in [4.78, 5) is 4.49. The number of fused-ring (bicyclic) bond motifs is 3. The van der Waals surface area contributed by atoms with Crippen LogP contribution in [0.25, 0.3) is 11.3 Å². The van der Waals surface area contributed by atoms with E-state index in [9.17, 15) is 0 Å². The Bertz CT molecular complexity index is 514. The molecular weight excluding hydrogens is 182 g/mol. The quantitative estimate of drug-likeness (QED) is 0.629. The van der Waals surface area contributed by atoms with Crippen LogP contribution in [-0.4, -0.2) is 4.98 Å². The van der Waals surface area contributed by atoms with E-state index in [0.29, 0.717) is 0 Å². The van der Waals surface area contributed by atoms with Gasteiger partial charge in [0, 0.05) is 11.8 Å². The number of aromatic nitrogens is 1. The lowest BCUT2D eigenvalue weighted by molar-refractivity contribution is 0.925. The normalized spacial score (nSPS) is 13.1. The summed E-state index contributed by atoms with van der Waals surface area (Å²) in [5, 5.41) is 0. The maximum absolute atomic E-state index is 4.49. The van der Waals surface area contributed by atoms with Gasteiger partial charge in [0.1, 0.15) is 0 Å². The number of hydrogen-bond donors (Lipinski definition) is 0. The van der Waals surface area contributed by atoms with Crippen LogP contribution in [0.1, 0.15) is 16.7 Å². The zero-order valence-electron chi connectivity index (χ0n) is 8.83. The average molecular weight is 195 g/mol. The summed E-state index contributed by atoms with van der Waals surface area (Å²) >= 11 is 0. The molecular formula is C14H13N. The van der Waals surface area contributed by atoms with Crippen molar-refractivity contribution in [3.05, 3.63) is 53.2 Å². The van der Waals surface area contributed by atoms with Crippen LogP contribution >= 0.6 is 0 Å². The van der Waals surface area contributed by atoms with Crippen LogP contribution in [0, 0.1) is 6.92 Å². The van der Waals surface area contributed by atoms with Gasteiger partial charge >= 0.3 is 0 Å². The fourth-order valence-electron chi connectivity index (χ4n) is 2.31. The van der Waals surface area contributed by atoms with Crippen molar-refractivity contribution in [3.63, 3.8) is 0 Å². The van der Waals surface area contributed by atoms with E-state index in [1.807, 2.05) is 12.3 Å². The minimum atomic E-state index is 1.12. The van der Waals surface area contributed by atoms with Crippen molar-refractivity contribution in [1.29, 1.82) is 0 Å². The molecule has 0 fully saturated rings. The summed E-state index contributed by atoms with van der Waals surface area (Å²) in [6, 6.07) is 10.9. The fourth-order valence-corrected chi connectivity index (χ4v) is 2.31. The minimum absolute atomic E-state index is 1.12. The number of rotatable bonds is 0. The molecule has 1 aliphatic rings. The Morgan fingerprint density at radius 3 is 2.87 bits per heavy atom. The molecule has 1 nitrogen and oxygen atoms in total. The van der Waals surface area contributed by atoms with E-state index in [1.54, 1.807) is 0 Å². The van der Waals surface area contributed by atoms with E-state index in [2.05, 4.69) is 36.2 Å². The molecule has 1 heteroatoms. The van der Waals surface area contributed by atoms with E-state index in [1.165, 1.54) is 27.9 Å². The average Bonchev–Trinajstić information content (AvgIpc) is 2.28. The Morgan fingerprint density at radius 1 is 1.07 bits per heavy atom. The number of nitrogens with zero attached hydrogens (tertiary/aromatic N) is 1.